The molecule has 0 bridgehead atoms. The number of hydrogen-bond donors (Lipinski definition) is 1. The molecule has 210 valence electrons. The summed E-state index contributed by atoms with van der Waals surface area (Å²) in [7, 11) is -2.69. The molecule has 0 radical (unpaired) electrons. The van der Waals surface area contributed by atoms with Crippen LogP contribution in [0.5, 0.6) is 5.75 Å². The number of unbranched alkanes of at least 4 members (excludes halogenated alkanes) is 2. The zero-order valence-electron chi connectivity index (χ0n) is 22.7. The number of carboxylic acid groups (broad SMARTS) is 1. The van der Waals surface area contributed by atoms with E-state index in [-0.39, 0.29) is 0 Å². The molecule has 0 unspecified atom stereocenters. The van der Waals surface area contributed by atoms with Crippen molar-refractivity contribution in [2.24, 2.45) is 0 Å². The van der Waals surface area contributed by atoms with Crippen LogP contribution in [0.3, 0.4) is 0 Å². The van der Waals surface area contributed by atoms with E-state index in [2.05, 4.69) is 5.32 Å². The third-order valence-corrected chi connectivity index (χ3v) is 8.71. The van der Waals surface area contributed by atoms with E-state index in [1.54, 1.807) is 0 Å². The maximum Gasteiger partial charge on any atom is 0.500 e. The number of ether oxygens (including phenoxy) is 2. The summed E-state index contributed by atoms with van der Waals surface area (Å²) in [4.78, 5) is 22.5. The quantitative estimate of drug-likeness (QED) is 0.157. The van der Waals surface area contributed by atoms with E-state index >= 15 is 0 Å². The molecule has 1 amide bonds. The molecule has 0 aliphatic rings. The van der Waals surface area contributed by atoms with Crippen molar-refractivity contribution < 1.29 is 37.4 Å². The van der Waals surface area contributed by atoms with Gasteiger partial charge in [0.05, 0.1) is 19.2 Å². The first kappa shape index (κ1) is 31.3. The number of fused-ring (bicyclic) bond motifs is 1. The van der Waals surface area contributed by atoms with Crippen molar-refractivity contribution in [1.82, 2.24) is 5.32 Å². The molecule has 0 fully saturated rings. The summed E-state index contributed by atoms with van der Waals surface area (Å²) in [6, 6.07) is 12.1. The van der Waals surface area contributed by atoms with Crippen LogP contribution >= 0.6 is 0 Å². The van der Waals surface area contributed by atoms with Gasteiger partial charge in [0, 0.05) is 32.4 Å². The lowest BCUT2D eigenvalue weighted by atomic mass is 10.1. The van der Waals surface area contributed by atoms with Crippen LogP contribution in [0.2, 0.25) is 6.04 Å². The fraction of sp³-hybridized carbons (Fsp3) is 0.500. The van der Waals surface area contributed by atoms with Gasteiger partial charge in [0.2, 0.25) is 0 Å². The molecule has 0 aliphatic heterocycles. The highest BCUT2D eigenvalue weighted by Crippen LogP contribution is 2.23. The molecule has 2 aromatic carbocycles. The summed E-state index contributed by atoms with van der Waals surface area (Å²) < 4.78 is 28.5. The van der Waals surface area contributed by atoms with E-state index in [1.807, 2.05) is 57.2 Å². The van der Waals surface area contributed by atoms with E-state index in [1.165, 1.54) is 6.08 Å². The molecule has 0 aromatic heterocycles. The Morgan fingerprint density at radius 3 is 2.21 bits per heavy atom. The molecule has 0 aliphatic carbocycles. The van der Waals surface area contributed by atoms with E-state index in [0.29, 0.717) is 52.0 Å². The lowest BCUT2D eigenvalue weighted by molar-refractivity contribution is -0.297. The van der Waals surface area contributed by atoms with E-state index < -0.39 is 20.9 Å². The van der Waals surface area contributed by atoms with Gasteiger partial charge >= 0.3 is 14.9 Å². The Morgan fingerprint density at radius 1 is 0.868 bits per heavy atom. The predicted octanol–water partition coefficient (Wildman–Crippen LogP) is 4.32. The van der Waals surface area contributed by atoms with Crippen molar-refractivity contribution >= 4 is 37.7 Å². The number of carbonyl (C=O) groups is 2. The number of benzene rings is 2. The predicted molar refractivity (Wildman–Crippen MR) is 147 cm³/mol. The second-order valence-electron chi connectivity index (χ2n) is 8.48. The molecule has 0 heterocycles. The van der Waals surface area contributed by atoms with Crippen LogP contribution in [0, 0.1) is 0 Å². The first-order chi connectivity index (χ1) is 18.4. The first-order valence-corrected chi connectivity index (χ1v) is 15.2. The zero-order chi connectivity index (χ0) is 27.6. The Hall–Kier alpha value is -2.92. The average Bonchev–Trinajstić information content (AvgIpc) is 2.89. The molecule has 0 saturated carbocycles. The van der Waals surface area contributed by atoms with Gasteiger partial charge in [-0.2, -0.15) is 0 Å². The third kappa shape index (κ3) is 11.6. The molecular weight excluding hydrogens is 506 g/mol. The van der Waals surface area contributed by atoms with Gasteiger partial charge in [0.15, 0.2) is 0 Å². The van der Waals surface area contributed by atoms with Crippen molar-refractivity contribution in [1.29, 1.82) is 0 Å². The van der Waals surface area contributed by atoms with Crippen LogP contribution in [0.4, 0.5) is 4.79 Å². The van der Waals surface area contributed by atoms with E-state index in [0.717, 1.165) is 47.4 Å². The van der Waals surface area contributed by atoms with Crippen molar-refractivity contribution in [3.05, 3.63) is 48.0 Å². The van der Waals surface area contributed by atoms with Crippen LogP contribution in [-0.2, 0) is 22.8 Å². The number of carbonyl (C=O) groups excluding carboxylic acids is 2. The second kappa shape index (κ2) is 17.6. The summed E-state index contributed by atoms with van der Waals surface area (Å²) in [5, 5.41) is 15.3. The van der Waals surface area contributed by atoms with Gasteiger partial charge in [-0.25, -0.2) is 4.79 Å². The summed E-state index contributed by atoms with van der Waals surface area (Å²) >= 11 is 0. The molecule has 2 rings (SSSR count). The number of carboxylic acids is 1. The van der Waals surface area contributed by atoms with Gasteiger partial charge in [0.1, 0.15) is 5.75 Å². The molecule has 1 N–H and O–H groups in total. The molecular formula is C28H40NO8Si-. The molecule has 0 saturated heterocycles. The van der Waals surface area contributed by atoms with Gasteiger partial charge in [-0.15, -0.1) is 0 Å². The number of rotatable bonds is 19. The SMILES string of the molecule is CCO[Si](CCCNC(=O)OCCCCCOc1ccc2cc(/C=C/C(=O)[O-])ccc2c1)(OCC)OCC. The third-order valence-electron chi connectivity index (χ3n) is 5.56. The van der Waals surface area contributed by atoms with Gasteiger partial charge in [0.25, 0.3) is 0 Å². The average molecular weight is 547 g/mol. The van der Waals surface area contributed by atoms with Crippen molar-refractivity contribution in [2.45, 2.75) is 52.5 Å². The van der Waals surface area contributed by atoms with Crippen LogP contribution in [0.15, 0.2) is 42.5 Å². The molecule has 0 spiro atoms. The minimum atomic E-state index is -2.69. The zero-order valence-corrected chi connectivity index (χ0v) is 23.7. The molecule has 0 atom stereocenters. The topological polar surface area (TPSA) is 115 Å². The van der Waals surface area contributed by atoms with E-state index in [4.69, 9.17) is 22.8 Å². The summed E-state index contributed by atoms with van der Waals surface area (Å²) in [6.07, 6.45) is 5.26. The van der Waals surface area contributed by atoms with Gasteiger partial charge < -0.3 is 38.0 Å². The number of amides is 1. The molecule has 10 heteroatoms. The Bertz CT molecular complexity index is 1010. The molecule has 38 heavy (non-hydrogen) atoms. The van der Waals surface area contributed by atoms with Gasteiger partial charge in [-0.05, 0) is 87.1 Å². The standard InChI is InChI=1S/C28H41NO8Si/c1-4-35-38(36-5-2,37-6-3)20-10-17-29-28(32)34-19-9-7-8-18-33-26-15-14-24-21-23(12-16-27(30)31)11-13-25(24)22-26/h11-16,21-22H,4-10,17-20H2,1-3H3,(H,29,32)(H,30,31)/p-1/b16-12+. The first-order valence-electron chi connectivity index (χ1n) is 13.3. The van der Waals surface area contributed by atoms with E-state index in [9.17, 15) is 14.7 Å². The van der Waals surface area contributed by atoms with Crippen LogP contribution in [-0.4, -0.2) is 60.4 Å². The lowest BCUT2D eigenvalue weighted by Crippen LogP contribution is -2.46. The minimum absolute atomic E-state index is 0.353. The highest BCUT2D eigenvalue weighted by Gasteiger charge is 2.39. The van der Waals surface area contributed by atoms with Gasteiger partial charge in [-0.3, -0.25) is 0 Å². The summed E-state index contributed by atoms with van der Waals surface area (Å²) in [5.74, 6) is -0.446. The normalized spacial score (nSPS) is 11.7. The maximum atomic E-state index is 11.9. The van der Waals surface area contributed by atoms with Crippen LogP contribution in [0.1, 0.15) is 52.0 Å². The lowest BCUT2D eigenvalue weighted by Gasteiger charge is -2.28. The fourth-order valence-corrected chi connectivity index (χ4v) is 6.50. The smallest absolute Gasteiger partial charge is 0.500 e. The molecule has 2 aromatic rings. The highest BCUT2D eigenvalue weighted by atomic mass is 28.4. The second-order valence-corrected chi connectivity index (χ2v) is 11.2. The fourth-order valence-electron chi connectivity index (χ4n) is 3.88. The van der Waals surface area contributed by atoms with Crippen molar-refractivity contribution in [2.75, 3.05) is 39.6 Å². The Kier molecular flexibility index (Phi) is 14.5. The number of alkyl carbamates (subject to hydrolysis) is 1. The van der Waals surface area contributed by atoms with Gasteiger partial charge in [-0.1, -0.05) is 24.3 Å². The number of hydrogen-bond acceptors (Lipinski definition) is 8. The Labute approximate surface area is 226 Å². The van der Waals surface area contributed by atoms with Crippen molar-refractivity contribution in [3.63, 3.8) is 0 Å². The largest absolute Gasteiger partial charge is 0.545 e. The number of aliphatic carboxylic acids is 1. The Balaban J connectivity index is 1.59. The Morgan fingerprint density at radius 2 is 1.53 bits per heavy atom. The highest BCUT2D eigenvalue weighted by molar-refractivity contribution is 6.60. The molecule has 9 nitrogen and oxygen atoms in total. The number of nitrogens with one attached hydrogen (secondary N) is 1. The minimum Gasteiger partial charge on any atom is -0.545 e. The van der Waals surface area contributed by atoms with Crippen molar-refractivity contribution in [3.8, 4) is 5.75 Å². The summed E-state index contributed by atoms with van der Waals surface area (Å²) in [5.41, 5.74) is 0.791. The van der Waals surface area contributed by atoms with Crippen LogP contribution < -0.4 is 15.2 Å². The summed E-state index contributed by atoms with van der Waals surface area (Å²) in [6.45, 7) is 8.75. The van der Waals surface area contributed by atoms with Crippen LogP contribution in [0.25, 0.3) is 16.8 Å². The monoisotopic (exact) mass is 546 g/mol. The maximum absolute atomic E-state index is 11.9.